The minimum Gasteiger partial charge on any atom is -0.467 e. The summed E-state index contributed by atoms with van der Waals surface area (Å²) in [6.45, 7) is 4.37. The lowest BCUT2D eigenvalue weighted by Crippen LogP contribution is -2.59. The van der Waals surface area contributed by atoms with Gasteiger partial charge in [-0.15, -0.1) is 0 Å². The standard InChI is InChI=1S/C15H24N2O3/c1-3-4-10-17-11-6-8-15(17,14(19)20-2)13(18)12-7-5-9-16-12/h3-11H2,1-2H3. The molecule has 2 rings (SSSR count). The zero-order chi connectivity index (χ0) is 14.6. The van der Waals surface area contributed by atoms with Crippen LogP contribution in [0.5, 0.6) is 0 Å². The summed E-state index contributed by atoms with van der Waals surface area (Å²) in [4.78, 5) is 31.5. The summed E-state index contributed by atoms with van der Waals surface area (Å²) in [6.07, 6.45) is 5.05. The lowest BCUT2D eigenvalue weighted by molar-refractivity contribution is -0.156. The molecule has 1 atom stereocenters. The van der Waals surface area contributed by atoms with Crippen LogP contribution in [0.3, 0.4) is 0 Å². The van der Waals surface area contributed by atoms with E-state index >= 15 is 0 Å². The van der Waals surface area contributed by atoms with E-state index in [4.69, 9.17) is 4.74 Å². The Morgan fingerprint density at radius 1 is 1.40 bits per heavy atom. The molecule has 0 amide bonds. The van der Waals surface area contributed by atoms with Crippen LogP contribution in [-0.2, 0) is 14.3 Å². The van der Waals surface area contributed by atoms with Crippen molar-refractivity contribution >= 4 is 17.5 Å². The van der Waals surface area contributed by atoms with E-state index in [0.717, 1.165) is 38.8 Å². The van der Waals surface area contributed by atoms with Gasteiger partial charge in [-0.3, -0.25) is 14.7 Å². The Balaban J connectivity index is 2.29. The zero-order valence-corrected chi connectivity index (χ0v) is 12.5. The Kier molecular flexibility index (Phi) is 4.91. The topological polar surface area (TPSA) is 59.0 Å². The number of aliphatic imine (C=N–C) groups is 1. The fraction of sp³-hybridized carbons (Fsp3) is 0.800. The Hall–Kier alpha value is -1.23. The van der Waals surface area contributed by atoms with Gasteiger partial charge in [0.25, 0.3) is 0 Å². The van der Waals surface area contributed by atoms with Crippen LogP contribution in [0.25, 0.3) is 0 Å². The maximum atomic E-state index is 12.9. The summed E-state index contributed by atoms with van der Waals surface area (Å²) < 4.78 is 4.97. The van der Waals surface area contributed by atoms with Gasteiger partial charge in [0.15, 0.2) is 5.54 Å². The summed E-state index contributed by atoms with van der Waals surface area (Å²) in [7, 11) is 1.37. The first-order chi connectivity index (χ1) is 9.66. The number of hydrogen-bond donors (Lipinski definition) is 0. The molecule has 2 aliphatic rings. The molecular weight excluding hydrogens is 256 g/mol. The van der Waals surface area contributed by atoms with Crippen LogP contribution in [0.4, 0.5) is 0 Å². The molecule has 0 aliphatic carbocycles. The van der Waals surface area contributed by atoms with Crippen LogP contribution in [0.15, 0.2) is 4.99 Å². The van der Waals surface area contributed by atoms with Crippen molar-refractivity contribution in [2.24, 2.45) is 4.99 Å². The largest absolute Gasteiger partial charge is 0.467 e. The first-order valence-electron chi connectivity index (χ1n) is 7.58. The van der Waals surface area contributed by atoms with Crippen LogP contribution in [0.1, 0.15) is 45.4 Å². The second kappa shape index (κ2) is 6.48. The molecule has 1 unspecified atom stereocenters. The lowest BCUT2D eigenvalue weighted by atomic mass is 9.87. The predicted molar refractivity (Wildman–Crippen MR) is 77.0 cm³/mol. The number of Topliss-reactive ketones (excluding diaryl/α,β-unsaturated/α-hetero) is 1. The van der Waals surface area contributed by atoms with Gasteiger partial charge in [0.2, 0.25) is 5.78 Å². The van der Waals surface area contributed by atoms with Crippen molar-refractivity contribution in [2.45, 2.75) is 51.0 Å². The van der Waals surface area contributed by atoms with E-state index < -0.39 is 11.5 Å². The second-order valence-electron chi connectivity index (χ2n) is 5.56. The van der Waals surface area contributed by atoms with E-state index in [9.17, 15) is 9.59 Å². The summed E-state index contributed by atoms with van der Waals surface area (Å²) in [6, 6.07) is 0. The Bertz CT molecular complexity index is 419. The molecule has 5 heteroatoms. The Morgan fingerprint density at radius 3 is 2.80 bits per heavy atom. The molecule has 1 saturated heterocycles. The molecule has 0 radical (unpaired) electrons. The fourth-order valence-electron chi connectivity index (χ4n) is 3.24. The number of carbonyl (C=O) groups excluding carboxylic acids is 2. The smallest absolute Gasteiger partial charge is 0.334 e. The van der Waals surface area contributed by atoms with E-state index in [0.29, 0.717) is 25.1 Å². The Morgan fingerprint density at radius 2 is 2.20 bits per heavy atom. The molecule has 0 spiro atoms. The molecule has 0 saturated carbocycles. The van der Waals surface area contributed by atoms with Gasteiger partial charge in [0.05, 0.1) is 12.8 Å². The van der Waals surface area contributed by atoms with Crippen molar-refractivity contribution < 1.29 is 14.3 Å². The minimum absolute atomic E-state index is 0.115. The van der Waals surface area contributed by atoms with Gasteiger partial charge in [-0.25, -0.2) is 4.79 Å². The highest BCUT2D eigenvalue weighted by molar-refractivity contribution is 6.47. The maximum Gasteiger partial charge on any atom is 0.334 e. The van der Waals surface area contributed by atoms with E-state index in [1.54, 1.807) is 0 Å². The van der Waals surface area contributed by atoms with Crippen molar-refractivity contribution in [1.29, 1.82) is 0 Å². The number of likely N-dealkylation sites (tertiary alicyclic amines) is 1. The van der Waals surface area contributed by atoms with Crippen molar-refractivity contribution in [2.75, 3.05) is 26.7 Å². The van der Waals surface area contributed by atoms with Gasteiger partial charge in [-0.2, -0.15) is 0 Å². The normalized spacial score (nSPS) is 26.6. The summed E-state index contributed by atoms with van der Waals surface area (Å²) in [5.74, 6) is -0.527. The zero-order valence-electron chi connectivity index (χ0n) is 12.5. The number of rotatable bonds is 6. The van der Waals surface area contributed by atoms with Gasteiger partial charge >= 0.3 is 5.97 Å². The molecule has 112 valence electrons. The lowest BCUT2D eigenvalue weighted by Gasteiger charge is -2.34. The molecule has 0 bridgehead atoms. The van der Waals surface area contributed by atoms with Crippen molar-refractivity contribution in [1.82, 2.24) is 4.90 Å². The van der Waals surface area contributed by atoms with E-state index in [1.165, 1.54) is 7.11 Å². The molecular formula is C15H24N2O3. The average molecular weight is 280 g/mol. The van der Waals surface area contributed by atoms with Gasteiger partial charge in [-0.05, 0) is 45.2 Å². The number of esters is 1. The fourth-order valence-corrected chi connectivity index (χ4v) is 3.24. The maximum absolute atomic E-state index is 12.9. The number of ketones is 1. The molecule has 20 heavy (non-hydrogen) atoms. The number of hydrogen-bond acceptors (Lipinski definition) is 5. The number of carbonyl (C=O) groups is 2. The van der Waals surface area contributed by atoms with Crippen LogP contribution < -0.4 is 0 Å². The van der Waals surface area contributed by atoms with Gasteiger partial charge in [0, 0.05) is 6.54 Å². The molecule has 2 aliphatic heterocycles. The first kappa shape index (κ1) is 15.2. The number of nitrogens with zero attached hydrogens (tertiary/aromatic N) is 2. The summed E-state index contributed by atoms with van der Waals surface area (Å²) >= 11 is 0. The molecule has 1 fully saturated rings. The first-order valence-corrected chi connectivity index (χ1v) is 7.58. The average Bonchev–Trinajstić information content (AvgIpc) is 3.13. The molecule has 0 aromatic carbocycles. The second-order valence-corrected chi connectivity index (χ2v) is 5.56. The van der Waals surface area contributed by atoms with Crippen LogP contribution in [-0.4, -0.2) is 54.6 Å². The molecule has 0 aromatic heterocycles. The predicted octanol–water partition coefficient (Wildman–Crippen LogP) is 1.60. The molecule has 0 N–H and O–H groups in total. The van der Waals surface area contributed by atoms with Crippen LogP contribution in [0.2, 0.25) is 0 Å². The van der Waals surface area contributed by atoms with Crippen molar-refractivity contribution in [3.05, 3.63) is 0 Å². The molecule has 0 aromatic rings. The third kappa shape index (κ3) is 2.51. The SMILES string of the molecule is CCCCN1CCCC1(C(=O)OC)C(=O)C1=NCCC1. The third-order valence-corrected chi connectivity index (χ3v) is 4.32. The van der Waals surface area contributed by atoms with Crippen molar-refractivity contribution in [3.63, 3.8) is 0 Å². The van der Waals surface area contributed by atoms with Gasteiger partial charge in [0.1, 0.15) is 0 Å². The van der Waals surface area contributed by atoms with Gasteiger partial charge in [-0.1, -0.05) is 13.3 Å². The highest BCUT2D eigenvalue weighted by Crippen LogP contribution is 2.33. The minimum atomic E-state index is -1.10. The van der Waals surface area contributed by atoms with Gasteiger partial charge < -0.3 is 4.74 Å². The number of unbranched alkanes of at least 4 members (excludes halogenated alkanes) is 1. The summed E-state index contributed by atoms with van der Waals surface area (Å²) in [5.41, 5.74) is -0.522. The Labute approximate surface area is 120 Å². The van der Waals surface area contributed by atoms with Crippen LogP contribution >= 0.6 is 0 Å². The van der Waals surface area contributed by atoms with E-state index in [2.05, 4.69) is 11.9 Å². The molecule has 2 heterocycles. The monoisotopic (exact) mass is 280 g/mol. The quantitative estimate of drug-likeness (QED) is 0.548. The highest BCUT2D eigenvalue weighted by Gasteiger charge is 2.55. The number of methoxy groups -OCH3 is 1. The summed E-state index contributed by atoms with van der Waals surface area (Å²) in [5, 5.41) is 0. The van der Waals surface area contributed by atoms with E-state index in [-0.39, 0.29) is 5.78 Å². The van der Waals surface area contributed by atoms with Crippen LogP contribution in [0, 0.1) is 0 Å². The van der Waals surface area contributed by atoms with E-state index in [1.807, 2.05) is 4.90 Å². The third-order valence-electron chi connectivity index (χ3n) is 4.32. The van der Waals surface area contributed by atoms with Crippen molar-refractivity contribution in [3.8, 4) is 0 Å². The molecule has 5 nitrogen and oxygen atoms in total. The number of ether oxygens (including phenoxy) is 1. The highest BCUT2D eigenvalue weighted by atomic mass is 16.5.